The molecule has 1 heteroatoms. The monoisotopic (exact) mass is 1070 g/mol. The minimum atomic E-state index is -0.596. The second-order valence-electron chi connectivity index (χ2n) is 28.4. The summed E-state index contributed by atoms with van der Waals surface area (Å²) < 4.78 is 0. The van der Waals surface area contributed by atoms with E-state index in [1.807, 2.05) is 0 Å². The van der Waals surface area contributed by atoms with E-state index in [2.05, 4.69) is 285 Å². The van der Waals surface area contributed by atoms with E-state index < -0.39 is 5.41 Å². The summed E-state index contributed by atoms with van der Waals surface area (Å²) in [5.41, 5.74) is 30.0. The number of fused-ring (bicyclic) bond motifs is 9. The molecule has 4 saturated carbocycles. The molecular formula is C82H75N. The van der Waals surface area contributed by atoms with Crippen LogP contribution in [0.15, 0.2) is 224 Å². The van der Waals surface area contributed by atoms with Crippen LogP contribution in [0.25, 0.3) is 55.6 Å². The number of nitrogens with zero attached hydrogens (tertiary/aromatic N) is 1. The molecule has 7 aliphatic carbocycles. The molecule has 0 aliphatic heterocycles. The third-order valence-electron chi connectivity index (χ3n) is 21.6. The van der Waals surface area contributed by atoms with Crippen LogP contribution in [-0.2, 0) is 27.1 Å². The van der Waals surface area contributed by atoms with E-state index in [0.29, 0.717) is 11.8 Å². The molecule has 0 saturated heterocycles. The van der Waals surface area contributed by atoms with Crippen LogP contribution in [0.2, 0.25) is 0 Å². The molecule has 17 rings (SSSR count). The molecule has 1 spiro atoms. The number of hydrogen-bond acceptors (Lipinski definition) is 1. The molecule has 0 N–H and O–H groups in total. The molecule has 0 amide bonds. The van der Waals surface area contributed by atoms with Crippen molar-refractivity contribution in [3.63, 3.8) is 0 Å². The molecule has 10 aromatic rings. The van der Waals surface area contributed by atoms with Crippen LogP contribution in [0.1, 0.15) is 143 Å². The Bertz CT molecular complexity index is 4200. The van der Waals surface area contributed by atoms with Gasteiger partial charge in [-0.3, -0.25) is 0 Å². The Morgan fingerprint density at radius 1 is 0.361 bits per heavy atom. The van der Waals surface area contributed by atoms with E-state index in [9.17, 15) is 0 Å². The summed E-state index contributed by atoms with van der Waals surface area (Å²) in [6.45, 7) is 18.9. The Balaban J connectivity index is 0.928. The Morgan fingerprint density at radius 3 is 1.46 bits per heavy atom. The third-order valence-corrected chi connectivity index (χ3v) is 21.6. The Kier molecular flexibility index (Phi) is 11.0. The van der Waals surface area contributed by atoms with Crippen LogP contribution in [0.4, 0.5) is 17.1 Å². The van der Waals surface area contributed by atoms with Crippen molar-refractivity contribution in [1.29, 1.82) is 0 Å². The number of anilines is 3. The van der Waals surface area contributed by atoms with Crippen molar-refractivity contribution >= 4 is 17.1 Å². The first-order chi connectivity index (χ1) is 40.1. The van der Waals surface area contributed by atoms with Crippen molar-refractivity contribution in [2.45, 2.75) is 115 Å². The summed E-state index contributed by atoms with van der Waals surface area (Å²) in [6, 6.07) is 87.9. The summed E-state index contributed by atoms with van der Waals surface area (Å²) in [6.07, 6.45) is 6.85. The van der Waals surface area contributed by atoms with Crippen molar-refractivity contribution in [3.8, 4) is 55.6 Å². The number of benzene rings is 10. The zero-order valence-electron chi connectivity index (χ0n) is 49.7. The van der Waals surface area contributed by atoms with Gasteiger partial charge in [0.1, 0.15) is 0 Å². The van der Waals surface area contributed by atoms with Gasteiger partial charge in [-0.25, -0.2) is 0 Å². The number of hydrogen-bond donors (Lipinski definition) is 0. The lowest BCUT2D eigenvalue weighted by Gasteiger charge is -2.61. The van der Waals surface area contributed by atoms with E-state index in [1.54, 1.807) is 11.1 Å². The SMILES string of the molecule is CC(C)(C)c1cccc(C2(c3cccc(C(C)(C)C)c3)c3ccccc3-c3c(N(c4ccc(-c5ccccc5-c5cccc6c5C(C)(C)c5ccccc5-6)cc4)c4ccc5c(c4)C4(c6ccccc6-5)C5CC6CC(C5)CC4C6)cccc32)c1. The highest BCUT2D eigenvalue weighted by atomic mass is 15.1. The predicted octanol–water partition coefficient (Wildman–Crippen LogP) is 21.5. The molecule has 83 heavy (non-hydrogen) atoms. The minimum absolute atomic E-state index is 0.0265. The fourth-order valence-corrected chi connectivity index (χ4v) is 18.3. The second-order valence-corrected chi connectivity index (χ2v) is 28.4. The van der Waals surface area contributed by atoms with Gasteiger partial charge in [-0.1, -0.05) is 250 Å². The van der Waals surface area contributed by atoms with E-state index in [4.69, 9.17) is 0 Å². The van der Waals surface area contributed by atoms with E-state index >= 15 is 0 Å². The molecule has 0 atom stereocenters. The van der Waals surface area contributed by atoms with Gasteiger partial charge in [0.2, 0.25) is 0 Å². The molecule has 408 valence electrons. The summed E-state index contributed by atoms with van der Waals surface area (Å²) in [7, 11) is 0. The van der Waals surface area contributed by atoms with Crippen molar-refractivity contribution in [2.75, 3.05) is 4.90 Å². The largest absolute Gasteiger partial charge is 0.310 e. The molecule has 7 aliphatic rings. The second kappa shape index (κ2) is 18.0. The lowest BCUT2D eigenvalue weighted by Crippen LogP contribution is -2.55. The van der Waals surface area contributed by atoms with Crippen molar-refractivity contribution < 1.29 is 0 Å². The maximum Gasteiger partial charge on any atom is 0.0714 e. The Hall–Kier alpha value is -8.00. The van der Waals surface area contributed by atoms with Gasteiger partial charge in [0.15, 0.2) is 0 Å². The fraction of sp³-hybridized carbons (Fsp3) is 0.268. The Morgan fingerprint density at radius 2 is 0.831 bits per heavy atom. The highest BCUT2D eigenvalue weighted by Crippen LogP contribution is 2.70. The van der Waals surface area contributed by atoms with E-state index in [-0.39, 0.29) is 21.7 Å². The van der Waals surface area contributed by atoms with Gasteiger partial charge in [-0.2, -0.15) is 0 Å². The number of rotatable bonds is 7. The summed E-state index contributed by atoms with van der Waals surface area (Å²) in [5.74, 6) is 3.06. The minimum Gasteiger partial charge on any atom is -0.310 e. The lowest BCUT2D eigenvalue weighted by molar-refractivity contribution is -0.0399. The first-order valence-electron chi connectivity index (χ1n) is 31.1. The molecular weight excluding hydrogens is 999 g/mol. The zero-order valence-corrected chi connectivity index (χ0v) is 49.7. The average Bonchev–Trinajstić information content (AvgIpc) is 3.69. The van der Waals surface area contributed by atoms with Crippen LogP contribution >= 0.6 is 0 Å². The van der Waals surface area contributed by atoms with Crippen LogP contribution in [0.3, 0.4) is 0 Å². The van der Waals surface area contributed by atoms with Crippen molar-refractivity contribution in [1.82, 2.24) is 0 Å². The Labute approximate surface area is 493 Å². The van der Waals surface area contributed by atoms with Crippen molar-refractivity contribution in [2.24, 2.45) is 23.7 Å². The summed E-state index contributed by atoms with van der Waals surface area (Å²) in [5, 5.41) is 0. The molecule has 0 aromatic heterocycles. The first-order valence-corrected chi connectivity index (χ1v) is 31.1. The predicted molar refractivity (Wildman–Crippen MR) is 348 cm³/mol. The average molecular weight is 1070 g/mol. The topological polar surface area (TPSA) is 3.24 Å². The maximum absolute atomic E-state index is 2.70. The summed E-state index contributed by atoms with van der Waals surface area (Å²) >= 11 is 0. The van der Waals surface area contributed by atoms with Crippen LogP contribution in [-0.4, -0.2) is 0 Å². The smallest absolute Gasteiger partial charge is 0.0714 e. The molecule has 4 bridgehead atoms. The quantitative estimate of drug-likeness (QED) is 0.154. The maximum atomic E-state index is 2.70. The van der Waals surface area contributed by atoms with Gasteiger partial charge < -0.3 is 4.90 Å². The molecule has 0 unspecified atom stereocenters. The summed E-state index contributed by atoms with van der Waals surface area (Å²) in [4.78, 5) is 2.66. The van der Waals surface area contributed by atoms with Gasteiger partial charge in [-0.15, -0.1) is 0 Å². The van der Waals surface area contributed by atoms with E-state index in [1.165, 1.54) is 144 Å². The first kappa shape index (κ1) is 50.7. The zero-order chi connectivity index (χ0) is 56.4. The molecule has 0 heterocycles. The van der Waals surface area contributed by atoms with Crippen molar-refractivity contribution in [3.05, 3.63) is 280 Å². The normalized spacial score (nSPS) is 21.5. The molecule has 10 aromatic carbocycles. The standard InChI is InChI=1S/C82H75N/c1-78(2,3)54-21-17-23-56(48-54)81(57-24-18-22-55(49-57)79(4,5)6)72-34-16-13-29-69(72)76-73(81)35-20-36-75(76)83(61-41-42-66-64-27-12-15-33-71(64)82(74(66)50-61)58-44-51-43-52(46-58)47-59(82)45-51)60-39-37-53(38-40-60)62-25-9-10-26-63(62)67-30-19-31-68-65-28-11-14-32-70(65)80(7,8)77(67)68/h9-42,48-52,58-59H,43-47H2,1-8H3. The molecule has 1 nitrogen and oxygen atoms in total. The van der Waals surface area contributed by atoms with Gasteiger partial charge in [0.25, 0.3) is 0 Å². The fourth-order valence-electron chi connectivity index (χ4n) is 18.3. The van der Waals surface area contributed by atoms with Gasteiger partial charge >= 0.3 is 0 Å². The van der Waals surface area contributed by atoms with Gasteiger partial charge in [0, 0.05) is 27.8 Å². The van der Waals surface area contributed by atoms with Crippen LogP contribution < -0.4 is 4.90 Å². The molecule has 4 fully saturated rings. The highest BCUT2D eigenvalue weighted by molar-refractivity contribution is 5.99. The van der Waals surface area contributed by atoms with Crippen LogP contribution in [0.5, 0.6) is 0 Å². The van der Waals surface area contributed by atoms with Gasteiger partial charge in [-0.05, 0) is 203 Å². The highest BCUT2D eigenvalue weighted by Gasteiger charge is 2.62. The van der Waals surface area contributed by atoms with E-state index in [0.717, 1.165) is 17.5 Å². The van der Waals surface area contributed by atoms with Crippen LogP contribution in [0, 0.1) is 23.7 Å². The third kappa shape index (κ3) is 7.19. The van der Waals surface area contributed by atoms with Gasteiger partial charge in [0.05, 0.1) is 11.1 Å². The lowest BCUT2D eigenvalue weighted by atomic mass is 9.43. The molecule has 0 radical (unpaired) electrons.